The summed E-state index contributed by atoms with van der Waals surface area (Å²) in [7, 11) is 1.28. The number of hydrogen-bond acceptors (Lipinski definition) is 6. The number of aromatic carboxylic acids is 2. The molecule has 0 aliphatic carbocycles. The molecule has 0 aliphatic heterocycles. The van der Waals surface area contributed by atoms with Crippen molar-refractivity contribution in [3.63, 3.8) is 0 Å². The lowest BCUT2D eigenvalue weighted by Gasteiger charge is -2.12. The first kappa shape index (κ1) is 23.8. The molecule has 0 atom stereocenters. The molecule has 4 N–H and O–H groups in total. The van der Waals surface area contributed by atoms with Gasteiger partial charge in [-0.2, -0.15) is 10.2 Å². The maximum Gasteiger partial charge on any atom is 0.336 e. The standard InChI is InChI=1S/C24H20N4O6/c1-13-3-5-15(6-4-13)27-28-16-9-7-14(8-10-16)26-22(30)18-12-19(23(31)32)17(21(29)25-2)11-20(18)24(33)34/h3-12H,1-2H3,(H,25,29)(H,26,30)(H,31,32)(H,33,34). The van der Waals surface area contributed by atoms with Crippen LogP contribution in [0.4, 0.5) is 17.1 Å². The molecule has 172 valence electrons. The van der Waals surface area contributed by atoms with E-state index in [0.29, 0.717) is 17.1 Å². The van der Waals surface area contributed by atoms with Gasteiger partial charge in [0, 0.05) is 12.7 Å². The Bertz CT molecular complexity index is 1300. The van der Waals surface area contributed by atoms with Crippen molar-refractivity contribution in [3.8, 4) is 0 Å². The van der Waals surface area contributed by atoms with Gasteiger partial charge in [0.15, 0.2) is 0 Å². The van der Waals surface area contributed by atoms with Crippen molar-refractivity contribution in [3.05, 3.63) is 88.5 Å². The molecular formula is C24H20N4O6. The van der Waals surface area contributed by atoms with E-state index in [4.69, 9.17) is 0 Å². The molecule has 0 bridgehead atoms. The molecule has 0 saturated carbocycles. The summed E-state index contributed by atoms with van der Waals surface area (Å²) in [4.78, 5) is 48.1. The summed E-state index contributed by atoms with van der Waals surface area (Å²) in [5.74, 6) is -4.60. The number of nitrogens with zero attached hydrogens (tertiary/aromatic N) is 2. The normalized spacial score (nSPS) is 10.6. The lowest BCUT2D eigenvalue weighted by atomic mass is 9.97. The molecule has 10 heteroatoms. The Morgan fingerprint density at radius 1 is 0.676 bits per heavy atom. The van der Waals surface area contributed by atoms with Crippen molar-refractivity contribution in [2.75, 3.05) is 12.4 Å². The highest BCUT2D eigenvalue weighted by Gasteiger charge is 2.25. The van der Waals surface area contributed by atoms with Crippen LogP contribution in [0.15, 0.2) is 70.9 Å². The average molecular weight is 460 g/mol. The highest BCUT2D eigenvalue weighted by Crippen LogP contribution is 2.23. The highest BCUT2D eigenvalue weighted by molar-refractivity contribution is 6.14. The summed E-state index contributed by atoms with van der Waals surface area (Å²) in [5, 5.41) is 32.0. The number of nitrogens with one attached hydrogen (secondary N) is 2. The van der Waals surface area contributed by atoms with Crippen LogP contribution in [0.3, 0.4) is 0 Å². The van der Waals surface area contributed by atoms with Gasteiger partial charge in [-0.3, -0.25) is 9.59 Å². The van der Waals surface area contributed by atoms with Crippen LogP contribution < -0.4 is 10.6 Å². The molecule has 3 aromatic rings. The number of aryl methyl sites for hydroxylation is 1. The lowest BCUT2D eigenvalue weighted by molar-refractivity contribution is 0.0676. The molecule has 0 saturated heterocycles. The molecule has 3 aromatic carbocycles. The van der Waals surface area contributed by atoms with E-state index in [-0.39, 0.29) is 5.56 Å². The van der Waals surface area contributed by atoms with E-state index in [2.05, 4.69) is 20.9 Å². The Hall–Kier alpha value is -4.86. The molecule has 0 spiro atoms. The van der Waals surface area contributed by atoms with Gasteiger partial charge in [0.2, 0.25) is 0 Å². The first-order valence-corrected chi connectivity index (χ1v) is 9.96. The quantitative estimate of drug-likeness (QED) is 0.382. The Morgan fingerprint density at radius 3 is 1.56 bits per heavy atom. The van der Waals surface area contributed by atoms with Crippen LogP contribution in [0.5, 0.6) is 0 Å². The third kappa shape index (κ3) is 5.49. The topological polar surface area (TPSA) is 158 Å². The largest absolute Gasteiger partial charge is 0.478 e. The Labute approximate surface area is 194 Å². The van der Waals surface area contributed by atoms with Crippen molar-refractivity contribution in [1.82, 2.24) is 5.32 Å². The van der Waals surface area contributed by atoms with Crippen LogP contribution in [-0.2, 0) is 0 Å². The first-order valence-electron chi connectivity index (χ1n) is 9.96. The third-order valence-electron chi connectivity index (χ3n) is 4.77. The lowest BCUT2D eigenvalue weighted by Crippen LogP contribution is -2.24. The predicted molar refractivity (Wildman–Crippen MR) is 124 cm³/mol. The summed E-state index contributed by atoms with van der Waals surface area (Å²) in [6, 6.07) is 15.5. The van der Waals surface area contributed by atoms with E-state index in [0.717, 1.165) is 17.7 Å². The number of azo groups is 1. The predicted octanol–water partition coefficient (Wildman–Crippen LogP) is 4.42. The molecule has 0 unspecified atom stereocenters. The summed E-state index contributed by atoms with van der Waals surface area (Å²) in [5.41, 5.74) is 0.845. The average Bonchev–Trinajstić information content (AvgIpc) is 2.83. The van der Waals surface area contributed by atoms with Crippen LogP contribution >= 0.6 is 0 Å². The van der Waals surface area contributed by atoms with E-state index < -0.39 is 40.4 Å². The minimum Gasteiger partial charge on any atom is -0.478 e. The molecule has 0 heterocycles. The van der Waals surface area contributed by atoms with Gasteiger partial charge in [0.1, 0.15) is 0 Å². The molecule has 0 radical (unpaired) electrons. The van der Waals surface area contributed by atoms with Gasteiger partial charge < -0.3 is 20.8 Å². The van der Waals surface area contributed by atoms with E-state index in [1.165, 1.54) is 7.05 Å². The van der Waals surface area contributed by atoms with E-state index in [1.807, 2.05) is 31.2 Å². The minimum absolute atomic E-state index is 0.322. The minimum atomic E-state index is -1.49. The molecular weight excluding hydrogens is 440 g/mol. The van der Waals surface area contributed by atoms with Crippen LogP contribution in [-0.4, -0.2) is 41.0 Å². The highest BCUT2D eigenvalue weighted by atomic mass is 16.4. The molecule has 2 amide bonds. The summed E-state index contributed by atoms with van der Waals surface area (Å²) >= 11 is 0. The van der Waals surface area contributed by atoms with Gasteiger partial charge in [-0.1, -0.05) is 17.7 Å². The monoisotopic (exact) mass is 460 g/mol. The zero-order valence-corrected chi connectivity index (χ0v) is 18.2. The van der Waals surface area contributed by atoms with Gasteiger partial charge in [-0.15, -0.1) is 0 Å². The zero-order valence-electron chi connectivity index (χ0n) is 18.2. The molecule has 0 fully saturated rings. The maximum atomic E-state index is 12.8. The molecule has 0 aliphatic rings. The summed E-state index contributed by atoms with van der Waals surface area (Å²) in [6.45, 7) is 1.96. The van der Waals surface area contributed by atoms with Gasteiger partial charge in [0.25, 0.3) is 11.8 Å². The molecule has 0 aromatic heterocycles. The van der Waals surface area contributed by atoms with Gasteiger partial charge in [-0.25, -0.2) is 9.59 Å². The maximum absolute atomic E-state index is 12.8. The second-order valence-corrected chi connectivity index (χ2v) is 7.17. The fraction of sp³-hybridized carbons (Fsp3) is 0.0833. The molecule has 3 rings (SSSR count). The van der Waals surface area contributed by atoms with E-state index >= 15 is 0 Å². The number of carboxylic acids is 2. The van der Waals surface area contributed by atoms with Crippen molar-refractivity contribution in [2.24, 2.45) is 10.2 Å². The second-order valence-electron chi connectivity index (χ2n) is 7.17. The molecule has 34 heavy (non-hydrogen) atoms. The second kappa shape index (κ2) is 10.2. The number of amides is 2. The van der Waals surface area contributed by atoms with Crippen molar-refractivity contribution >= 4 is 40.8 Å². The zero-order chi connectivity index (χ0) is 24.8. The van der Waals surface area contributed by atoms with Crippen LogP contribution in [0.2, 0.25) is 0 Å². The Kier molecular flexibility index (Phi) is 7.12. The number of anilines is 1. The molecule has 10 nitrogen and oxygen atoms in total. The summed E-state index contributed by atoms with van der Waals surface area (Å²) in [6.07, 6.45) is 0. The third-order valence-corrected chi connectivity index (χ3v) is 4.77. The number of carboxylic acid groups (broad SMARTS) is 2. The first-order chi connectivity index (χ1) is 16.2. The number of hydrogen-bond donors (Lipinski definition) is 4. The Morgan fingerprint density at radius 2 is 1.12 bits per heavy atom. The van der Waals surface area contributed by atoms with E-state index in [9.17, 15) is 29.4 Å². The van der Waals surface area contributed by atoms with Crippen LogP contribution in [0, 0.1) is 6.92 Å². The van der Waals surface area contributed by atoms with Gasteiger partial charge in [0.05, 0.1) is 33.6 Å². The number of benzene rings is 3. The number of carbonyl (C=O) groups excluding carboxylic acids is 2. The number of carbonyl (C=O) groups is 4. The Balaban J connectivity index is 1.85. The van der Waals surface area contributed by atoms with Crippen molar-refractivity contribution in [2.45, 2.75) is 6.92 Å². The van der Waals surface area contributed by atoms with Crippen LogP contribution in [0.25, 0.3) is 0 Å². The summed E-state index contributed by atoms with van der Waals surface area (Å²) < 4.78 is 0. The SMILES string of the molecule is CNC(=O)c1cc(C(=O)O)c(C(=O)Nc2ccc(N=Nc3ccc(C)cc3)cc2)cc1C(=O)O. The number of rotatable bonds is 7. The smallest absolute Gasteiger partial charge is 0.336 e. The van der Waals surface area contributed by atoms with Crippen LogP contribution in [0.1, 0.15) is 47.0 Å². The van der Waals surface area contributed by atoms with Gasteiger partial charge >= 0.3 is 11.9 Å². The van der Waals surface area contributed by atoms with Crippen molar-refractivity contribution in [1.29, 1.82) is 0 Å². The van der Waals surface area contributed by atoms with Gasteiger partial charge in [-0.05, 0) is 55.5 Å². The van der Waals surface area contributed by atoms with E-state index in [1.54, 1.807) is 24.3 Å². The fourth-order valence-corrected chi connectivity index (χ4v) is 3.00. The fourth-order valence-electron chi connectivity index (χ4n) is 3.00. The van der Waals surface area contributed by atoms with Crippen molar-refractivity contribution < 1.29 is 29.4 Å².